The summed E-state index contributed by atoms with van der Waals surface area (Å²) in [6.45, 7) is 0. The van der Waals surface area contributed by atoms with Crippen LogP contribution in [-0.2, 0) is 11.2 Å². The summed E-state index contributed by atoms with van der Waals surface area (Å²) >= 11 is 3.49. The molecule has 2 amide bonds. The lowest BCUT2D eigenvalue weighted by Gasteiger charge is -2.09. The van der Waals surface area contributed by atoms with Gasteiger partial charge in [-0.3, -0.25) is 9.59 Å². The minimum atomic E-state index is -0.220. The van der Waals surface area contributed by atoms with Gasteiger partial charge in [0.25, 0.3) is 5.91 Å². The smallest absolute Gasteiger partial charge is 0.255 e. The Kier molecular flexibility index (Phi) is 7.03. The molecular weight excluding hydrogens is 432 g/mol. The quantitative estimate of drug-likeness (QED) is 0.512. The number of halogens is 1. The molecular formula is C23H21BrN2O3. The number of hydrogen-bond acceptors (Lipinski definition) is 3. The predicted octanol–water partition coefficient (Wildman–Crippen LogP) is 5.28. The number of nitrogens with one attached hydrogen (secondary N) is 2. The van der Waals surface area contributed by atoms with Crippen LogP contribution in [0.2, 0.25) is 0 Å². The molecule has 0 saturated carbocycles. The molecule has 2 N–H and O–H groups in total. The second kappa shape index (κ2) is 9.89. The Labute approximate surface area is 178 Å². The molecule has 29 heavy (non-hydrogen) atoms. The number of benzene rings is 3. The third-order valence-corrected chi connectivity index (χ3v) is 5.13. The highest BCUT2D eigenvalue weighted by molar-refractivity contribution is 9.10. The SMILES string of the molecule is COc1ccc(NC(=O)c2ccc(NC(=O)CCc3ccccc3Br)cc2)cc1. The van der Waals surface area contributed by atoms with E-state index in [4.69, 9.17) is 4.74 Å². The second-order valence-electron chi connectivity index (χ2n) is 6.40. The number of carbonyl (C=O) groups is 2. The van der Waals surface area contributed by atoms with E-state index < -0.39 is 0 Å². The molecule has 0 aliphatic rings. The van der Waals surface area contributed by atoms with Crippen molar-refractivity contribution in [2.45, 2.75) is 12.8 Å². The molecule has 0 fully saturated rings. The normalized spacial score (nSPS) is 10.3. The Balaban J connectivity index is 1.53. The summed E-state index contributed by atoms with van der Waals surface area (Å²) in [7, 11) is 1.59. The van der Waals surface area contributed by atoms with Gasteiger partial charge in [-0.25, -0.2) is 0 Å². The molecule has 148 valence electrons. The van der Waals surface area contributed by atoms with Gasteiger partial charge in [0.1, 0.15) is 5.75 Å². The maximum atomic E-state index is 12.4. The van der Waals surface area contributed by atoms with Crippen molar-refractivity contribution in [1.82, 2.24) is 0 Å². The molecule has 0 spiro atoms. The molecule has 0 unspecified atom stereocenters. The average molecular weight is 453 g/mol. The second-order valence-corrected chi connectivity index (χ2v) is 7.25. The number of ether oxygens (including phenoxy) is 1. The number of methoxy groups -OCH3 is 1. The van der Waals surface area contributed by atoms with E-state index in [-0.39, 0.29) is 11.8 Å². The van der Waals surface area contributed by atoms with Crippen LogP contribution in [0.15, 0.2) is 77.3 Å². The molecule has 0 aromatic heterocycles. The Hall–Kier alpha value is -3.12. The van der Waals surface area contributed by atoms with Crippen molar-refractivity contribution < 1.29 is 14.3 Å². The summed E-state index contributed by atoms with van der Waals surface area (Å²) in [6.07, 6.45) is 1.03. The number of anilines is 2. The van der Waals surface area contributed by atoms with E-state index in [0.717, 1.165) is 15.8 Å². The van der Waals surface area contributed by atoms with Crippen LogP contribution in [0.1, 0.15) is 22.3 Å². The van der Waals surface area contributed by atoms with E-state index in [1.54, 1.807) is 55.6 Å². The first kappa shape index (κ1) is 20.6. The fraction of sp³-hybridized carbons (Fsp3) is 0.130. The number of amides is 2. The maximum absolute atomic E-state index is 12.4. The van der Waals surface area contributed by atoms with Gasteiger partial charge < -0.3 is 15.4 Å². The highest BCUT2D eigenvalue weighted by Crippen LogP contribution is 2.19. The first-order valence-electron chi connectivity index (χ1n) is 9.14. The minimum Gasteiger partial charge on any atom is -0.497 e. The molecule has 3 aromatic rings. The highest BCUT2D eigenvalue weighted by atomic mass is 79.9. The molecule has 6 heteroatoms. The van der Waals surface area contributed by atoms with Crippen LogP contribution in [0.3, 0.4) is 0 Å². The molecule has 0 heterocycles. The summed E-state index contributed by atoms with van der Waals surface area (Å²) in [6, 6.07) is 21.8. The van der Waals surface area contributed by atoms with Crippen LogP contribution in [0, 0.1) is 0 Å². The van der Waals surface area contributed by atoms with Gasteiger partial charge in [-0.05, 0) is 66.6 Å². The zero-order valence-corrected chi connectivity index (χ0v) is 17.5. The molecule has 0 aliphatic heterocycles. The average Bonchev–Trinajstić information content (AvgIpc) is 2.74. The van der Waals surface area contributed by atoms with Gasteiger partial charge in [0, 0.05) is 27.8 Å². The molecule has 3 aromatic carbocycles. The molecule has 3 rings (SSSR count). The molecule has 0 atom stereocenters. The topological polar surface area (TPSA) is 67.4 Å². The van der Waals surface area contributed by atoms with Crippen molar-refractivity contribution in [3.05, 3.63) is 88.4 Å². The van der Waals surface area contributed by atoms with E-state index in [1.165, 1.54) is 0 Å². The van der Waals surface area contributed by atoms with Crippen LogP contribution >= 0.6 is 15.9 Å². The zero-order chi connectivity index (χ0) is 20.6. The first-order valence-corrected chi connectivity index (χ1v) is 9.93. The van der Waals surface area contributed by atoms with Crippen LogP contribution in [0.4, 0.5) is 11.4 Å². The van der Waals surface area contributed by atoms with Crippen molar-refractivity contribution in [3.8, 4) is 5.75 Å². The highest BCUT2D eigenvalue weighted by Gasteiger charge is 2.08. The van der Waals surface area contributed by atoms with E-state index in [1.807, 2.05) is 24.3 Å². The monoisotopic (exact) mass is 452 g/mol. The third kappa shape index (κ3) is 5.93. The third-order valence-electron chi connectivity index (χ3n) is 4.36. The van der Waals surface area contributed by atoms with Gasteiger partial charge in [0.15, 0.2) is 0 Å². The Morgan fingerprint density at radius 2 is 1.48 bits per heavy atom. The van der Waals surface area contributed by atoms with Crippen molar-refractivity contribution in [2.24, 2.45) is 0 Å². The summed E-state index contributed by atoms with van der Waals surface area (Å²) in [5.74, 6) is 0.431. The van der Waals surface area contributed by atoms with Gasteiger partial charge in [0.05, 0.1) is 7.11 Å². The Morgan fingerprint density at radius 3 is 2.14 bits per heavy atom. The van der Waals surface area contributed by atoms with E-state index in [0.29, 0.717) is 29.8 Å². The van der Waals surface area contributed by atoms with Gasteiger partial charge in [-0.15, -0.1) is 0 Å². The van der Waals surface area contributed by atoms with Gasteiger partial charge >= 0.3 is 0 Å². The van der Waals surface area contributed by atoms with Crippen LogP contribution in [-0.4, -0.2) is 18.9 Å². The largest absolute Gasteiger partial charge is 0.497 e. The van der Waals surface area contributed by atoms with Gasteiger partial charge in [0.2, 0.25) is 5.91 Å². The van der Waals surface area contributed by atoms with Crippen LogP contribution < -0.4 is 15.4 Å². The zero-order valence-electron chi connectivity index (χ0n) is 15.9. The predicted molar refractivity (Wildman–Crippen MR) is 118 cm³/mol. The van der Waals surface area contributed by atoms with Crippen molar-refractivity contribution in [1.29, 1.82) is 0 Å². The Bertz CT molecular complexity index is 986. The van der Waals surface area contributed by atoms with Crippen molar-refractivity contribution in [2.75, 3.05) is 17.7 Å². The fourth-order valence-corrected chi connectivity index (χ4v) is 3.24. The summed E-state index contributed by atoms with van der Waals surface area (Å²) in [4.78, 5) is 24.6. The molecule has 0 radical (unpaired) electrons. The molecule has 5 nitrogen and oxygen atoms in total. The summed E-state index contributed by atoms with van der Waals surface area (Å²) in [5.41, 5.74) is 2.93. The standard InChI is InChI=1S/C23H21BrN2O3/c1-29-20-13-11-19(12-14-20)26-23(28)17-6-9-18(10-7-17)25-22(27)15-8-16-4-2-3-5-21(16)24/h2-7,9-14H,8,15H2,1H3,(H,25,27)(H,26,28). The Morgan fingerprint density at radius 1 is 0.862 bits per heavy atom. The lowest BCUT2D eigenvalue weighted by atomic mass is 10.1. The summed E-state index contributed by atoms with van der Waals surface area (Å²) < 4.78 is 6.10. The number of hydrogen-bond donors (Lipinski definition) is 2. The van der Waals surface area contributed by atoms with E-state index in [2.05, 4.69) is 26.6 Å². The number of aryl methyl sites for hydroxylation is 1. The summed E-state index contributed by atoms with van der Waals surface area (Å²) in [5, 5.41) is 5.69. The van der Waals surface area contributed by atoms with Crippen LogP contribution in [0.25, 0.3) is 0 Å². The first-order chi connectivity index (χ1) is 14.0. The minimum absolute atomic E-state index is 0.0730. The number of rotatable bonds is 7. The van der Waals surface area contributed by atoms with E-state index in [9.17, 15) is 9.59 Å². The fourth-order valence-electron chi connectivity index (χ4n) is 2.76. The molecule has 0 bridgehead atoms. The van der Waals surface area contributed by atoms with E-state index >= 15 is 0 Å². The van der Waals surface area contributed by atoms with Gasteiger partial charge in [-0.2, -0.15) is 0 Å². The lowest BCUT2D eigenvalue weighted by molar-refractivity contribution is -0.116. The number of carbonyl (C=O) groups excluding carboxylic acids is 2. The molecule has 0 aliphatic carbocycles. The van der Waals surface area contributed by atoms with Crippen molar-refractivity contribution in [3.63, 3.8) is 0 Å². The van der Waals surface area contributed by atoms with Gasteiger partial charge in [-0.1, -0.05) is 34.1 Å². The maximum Gasteiger partial charge on any atom is 0.255 e. The lowest BCUT2D eigenvalue weighted by Crippen LogP contribution is -2.14. The van der Waals surface area contributed by atoms with Crippen LogP contribution in [0.5, 0.6) is 5.75 Å². The molecule has 0 saturated heterocycles. The van der Waals surface area contributed by atoms with Crippen molar-refractivity contribution >= 4 is 39.1 Å².